The molecule has 18 heavy (non-hydrogen) atoms. The average molecular weight is 260 g/mol. The molecule has 1 aromatic carbocycles. The van der Waals surface area contributed by atoms with Crippen LogP contribution >= 0.6 is 11.6 Å². The Morgan fingerprint density at radius 1 is 1.33 bits per heavy atom. The number of fused-ring (bicyclic) bond motifs is 1. The van der Waals surface area contributed by atoms with Gasteiger partial charge >= 0.3 is 0 Å². The van der Waals surface area contributed by atoms with E-state index >= 15 is 0 Å². The van der Waals surface area contributed by atoms with E-state index in [1.165, 1.54) is 30.4 Å². The molecule has 0 aromatic heterocycles. The van der Waals surface area contributed by atoms with E-state index < -0.39 is 0 Å². The van der Waals surface area contributed by atoms with Crippen LogP contribution in [0, 0.1) is 5.92 Å². The monoisotopic (exact) mass is 259 g/mol. The predicted octanol–water partition coefficient (Wildman–Crippen LogP) is 4.79. The molecule has 1 saturated carbocycles. The van der Waals surface area contributed by atoms with E-state index in [0.29, 0.717) is 6.04 Å². The van der Waals surface area contributed by atoms with Crippen molar-refractivity contribution in [1.82, 2.24) is 4.90 Å². The Morgan fingerprint density at radius 2 is 2.17 bits per heavy atom. The first-order chi connectivity index (χ1) is 8.65. The van der Waals surface area contributed by atoms with Crippen LogP contribution in [-0.2, 0) is 0 Å². The second kappa shape index (κ2) is 4.47. The van der Waals surface area contributed by atoms with Gasteiger partial charge in [-0.2, -0.15) is 0 Å². The summed E-state index contributed by atoms with van der Waals surface area (Å²) in [5, 5.41) is 0.782. The van der Waals surface area contributed by atoms with Crippen molar-refractivity contribution in [3.63, 3.8) is 0 Å². The Morgan fingerprint density at radius 3 is 2.89 bits per heavy atom. The third-order valence-corrected chi connectivity index (χ3v) is 4.35. The van der Waals surface area contributed by atoms with Gasteiger partial charge in [0.15, 0.2) is 0 Å². The van der Waals surface area contributed by atoms with E-state index in [1.54, 1.807) is 0 Å². The Kier molecular flexibility index (Phi) is 2.95. The zero-order valence-electron chi connectivity index (χ0n) is 10.7. The molecule has 1 aliphatic carbocycles. The molecule has 0 radical (unpaired) electrons. The normalized spacial score (nSPS) is 26.6. The molecular weight excluding hydrogens is 242 g/mol. The van der Waals surface area contributed by atoms with Crippen molar-refractivity contribution in [2.45, 2.75) is 32.2 Å². The highest BCUT2D eigenvalue weighted by Gasteiger charge is 2.28. The maximum Gasteiger partial charge on any atom is 0.0415 e. The Hall–Kier alpha value is -1.21. The van der Waals surface area contributed by atoms with Crippen LogP contribution in [0.5, 0.6) is 0 Å². The molecule has 2 heteroatoms. The number of benzene rings is 1. The van der Waals surface area contributed by atoms with Gasteiger partial charge in [-0.05, 0) is 49.0 Å². The smallest absolute Gasteiger partial charge is 0.0415 e. The zero-order chi connectivity index (χ0) is 12.7. The topological polar surface area (TPSA) is 3.24 Å². The molecule has 0 amide bonds. The lowest BCUT2D eigenvalue weighted by atomic mass is 9.99. The SMILES string of the molecule is C=C1c2cc(Cl)ccc2C=CN1C1CCC(C)C1. The molecule has 0 N–H and O–H groups in total. The summed E-state index contributed by atoms with van der Waals surface area (Å²) >= 11 is 6.09. The molecule has 0 saturated heterocycles. The highest BCUT2D eigenvalue weighted by atomic mass is 35.5. The fraction of sp³-hybridized carbons (Fsp3) is 0.375. The molecule has 2 unspecified atom stereocenters. The van der Waals surface area contributed by atoms with Gasteiger partial charge in [0.2, 0.25) is 0 Å². The molecule has 1 aromatic rings. The summed E-state index contributed by atoms with van der Waals surface area (Å²) in [6.45, 7) is 6.60. The van der Waals surface area contributed by atoms with Gasteiger partial charge in [-0.15, -0.1) is 0 Å². The van der Waals surface area contributed by atoms with E-state index in [4.69, 9.17) is 11.6 Å². The lowest BCUT2D eigenvalue weighted by Crippen LogP contribution is -2.28. The van der Waals surface area contributed by atoms with Crippen LogP contribution in [0.25, 0.3) is 11.8 Å². The standard InChI is InChI=1S/C16H18ClN/c1-11-3-6-15(9-11)18-8-7-13-4-5-14(17)10-16(13)12(18)2/h4-5,7-8,10-11,15H,2-3,6,9H2,1H3. The predicted molar refractivity (Wildman–Crippen MR) is 78.2 cm³/mol. The maximum atomic E-state index is 6.09. The Balaban J connectivity index is 1.91. The molecule has 3 rings (SSSR count). The second-order valence-corrected chi connectivity index (χ2v) is 5.91. The first-order valence-corrected chi connectivity index (χ1v) is 6.98. The molecule has 1 nitrogen and oxygen atoms in total. The van der Waals surface area contributed by atoms with Gasteiger partial charge in [-0.1, -0.05) is 31.2 Å². The maximum absolute atomic E-state index is 6.09. The van der Waals surface area contributed by atoms with E-state index in [1.807, 2.05) is 12.1 Å². The van der Waals surface area contributed by atoms with Gasteiger partial charge in [0, 0.05) is 28.5 Å². The van der Waals surface area contributed by atoms with Crippen molar-refractivity contribution < 1.29 is 0 Å². The average Bonchev–Trinajstić information content (AvgIpc) is 2.77. The van der Waals surface area contributed by atoms with Crippen molar-refractivity contribution >= 4 is 23.4 Å². The Bertz CT molecular complexity index is 518. The first-order valence-electron chi connectivity index (χ1n) is 6.60. The van der Waals surface area contributed by atoms with Crippen molar-refractivity contribution in [2.24, 2.45) is 5.92 Å². The molecule has 1 fully saturated rings. The highest BCUT2D eigenvalue weighted by molar-refractivity contribution is 6.30. The fourth-order valence-electron chi connectivity index (χ4n) is 3.09. The minimum absolute atomic E-state index is 0.607. The van der Waals surface area contributed by atoms with Crippen LogP contribution in [-0.4, -0.2) is 10.9 Å². The van der Waals surface area contributed by atoms with Gasteiger partial charge in [0.05, 0.1) is 0 Å². The summed E-state index contributed by atoms with van der Waals surface area (Å²) in [6, 6.07) is 6.63. The highest BCUT2D eigenvalue weighted by Crippen LogP contribution is 2.37. The van der Waals surface area contributed by atoms with E-state index in [9.17, 15) is 0 Å². The van der Waals surface area contributed by atoms with Crippen molar-refractivity contribution in [1.29, 1.82) is 0 Å². The summed E-state index contributed by atoms with van der Waals surface area (Å²) in [5.74, 6) is 0.831. The summed E-state index contributed by atoms with van der Waals surface area (Å²) in [5.41, 5.74) is 3.48. The van der Waals surface area contributed by atoms with E-state index in [2.05, 4.69) is 36.7 Å². The largest absolute Gasteiger partial charge is 0.345 e. The fourth-order valence-corrected chi connectivity index (χ4v) is 3.26. The van der Waals surface area contributed by atoms with E-state index in [0.717, 1.165) is 16.6 Å². The zero-order valence-corrected chi connectivity index (χ0v) is 11.5. The van der Waals surface area contributed by atoms with Crippen LogP contribution < -0.4 is 0 Å². The quantitative estimate of drug-likeness (QED) is 0.701. The third kappa shape index (κ3) is 1.97. The molecule has 94 valence electrons. The summed E-state index contributed by atoms with van der Waals surface area (Å²) in [4.78, 5) is 2.34. The molecular formula is C16H18ClN. The van der Waals surface area contributed by atoms with Crippen molar-refractivity contribution in [3.8, 4) is 0 Å². The van der Waals surface area contributed by atoms with Crippen LogP contribution in [0.1, 0.15) is 37.3 Å². The molecule has 1 aliphatic heterocycles. The summed E-state index contributed by atoms with van der Waals surface area (Å²) in [7, 11) is 0. The van der Waals surface area contributed by atoms with Gasteiger partial charge in [-0.3, -0.25) is 0 Å². The number of hydrogen-bond donors (Lipinski definition) is 0. The van der Waals surface area contributed by atoms with Crippen molar-refractivity contribution in [2.75, 3.05) is 0 Å². The Labute approximate surface area is 114 Å². The van der Waals surface area contributed by atoms with Gasteiger partial charge < -0.3 is 4.90 Å². The molecule has 0 spiro atoms. The third-order valence-electron chi connectivity index (χ3n) is 4.11. The minimum Gasteiger partial charge on any atom is -0.345 e. The number of nitrogens with zero attached hydrogens (tertiary/aromatic N) is 1. The van der Waals surface area contributed by atoms with Crippen LogP contribution in [0.3, 0.4) is 0 Å². The summed E-state index contributed by atoms with van der Waals surface area (Å²) in [6.07, 6.45) is 8.20. The number of rotatable bonds is 1. The van der Waals surface area contributed by atoms with E-state index in [-0.39, 0.29) is 0 Å². The van der Waals surface area contributed by atoms with Crippen LogP contribution in [0.2, 0.25) is 5.02 Å². The van der Waals surface area contributed by atoms with Crippen LogP contribution in [0.4, 0.5) is 0 Å². The number of hydrogen-bond acceptors (Lipinski definition) is 1. The van der Waals surface area contributed by atoms with Gasteiger partial charge in [0.25, 0.3) is 0 Å². The summed E-state index contributed by atoms with van der Waals surface area (Å²) < 4.78 is 0. The minimum atomic E-state index is 0.607. The lowest BCUT2D eigenvalue weighted by Gasteiger charge is -2.33. The van der Waals surface area contributed by atoms with Gasteiger partial charge in [0.1, 0.15) is 0 Å². The van der Waals surface area contributed by atoms with Crippen molar-refractivity contribution in [3.05, 3.63) is 47.1 Å². The molecule has 0 bridgehead atoms. The lowest BCUT2D eigenvalue weighted by molar-refractivity contribution is 0.380. The molecule has 1 heterocycles. The second-order valence-electron chi connectivity index (χ2n) is 5.47. The van der Waals surface area contributed by atoms with Gasteiger partial charge in [-0.25, -0.2) is 0 Å². The first kappa shape index (κ1) is 11.9. The number of halogens is 1. The molecule has 2 atom stereocenters. The van der Waals surface area contributed by atoms with Crippen LogP contribution in [0.15, 0.2) is 31.0 Å². The molecule has 2 aliphatic rings.